The van der Waals surface area contributed by atoms with Crippen molar-refractivity contribution in [3.8, 4) is 0 Å². The van der Waals surface area contributed by atoms with Gasteiger partial charge in [-0.05, 0) is 12.1 Å². The van der Waals surface area contributed by atoms with Crippen LogP contribution in [0.4, 0.5) is 0 Å². The van der Waals surface area contributed by atoms with Gasteiger partial charge >= 0.3 is 0 Å². The average molecular weight is 281 g/mol. The molecule has 1 N–H and O–H groups in total. The quantitative estimate of drug-likeness (QED) is 0.521. The smallest absolute Gasteiger partial charge is 0.266 e. The van der Waals surface area contributed by atoms with Gasteiger partial charge in [-0.2, -0.15) is 0 Å². The number of rotatable bonds is 4. The minimum atomic E-state index is -0.161. The molecule has 1 aromatic rings. The largest absolute Gasteiger partial charge is 0.459 e. The van der Waals surface area contributed by atoms with Crippen molar-refractivity contribution < 1.29 is 14.3 Å². The van der Waals surface area contributed by atoms with Crippen LogP contribution in [0.3, 0.4) is 0 Å². The van der Waals surface area contributed by atoms with E-state index in [2.05, 4.69) is 6.58 Å². The van der Waals surface area contributed by atoms with Crippen LogP contribution in [0.25, 0.3) is 6.08 Å². The molecule has 0 radical (unpaired) electrons. The Labute approximate surface area is 114 Å². The molecule has 0 aromatic carbocycles. The summed E-state index contributed by atoms with van der Waals surface area (Å²) in [5.74, 6) is 0.841. The number of furan rings is 1. The second kappa shape index (κ2) is 5.51. The van der Waals surface area contributed by atoms with Gasteiger partial charge in [-0.25, -0.2) is 0 Å². The molecule has 0 spiro atoms. The lowest BCUT2D eigenvalue weighted by Gasteiger charge is -2.10. The van der Waals surface area contributed by atoms with E-state index in [1.54, 1.807) is 24.3 Å². The van der Waals surface area contributed by atoms with E-state index in [-0.39, 0.29) is 12.5 Å². The van der Waals surface area contributed by atoms with E-state index in [4.69, 9.17) is 21.7 Å². The summed E-state index contributed by atoms with van der Waals surface area (Å²) >= 11 is 6.35. The normalized spacial score (nSPS) is 17.8. The average Bonchev–Trinajstić information content (AvgIpc) is 2.90. The van der Waals surface area contributed by atoms with Crippen LogP contribution in [0, 0.1) is 0 Å². The summed E-state index contributed by atoms with van der Waals surface area (Å²) in [7, 11) is 0. The summed E-state index contributed by atoms with van der Waals surface area (Å²) in [4.78, 5) is 14.0. The Hall–Kier alpha value is -1.37. The van der Waals surface area contributed by atoms with Crippen molar-refractivity contribution >= 4 is 40.3 Å². The van der Waals surface area contributed by atoms with Gasteiger partial charge in [0.2, 0.25) is 0 Å². The summed E-state index contributed by atoms with van der Waals surface area (Å²) in [5.41, 5.74) is 0. The lowest BCUT2D eigenvalue weighted by atomic mass is 10.3. The van der Waals surface area contributed by atoms with Gasteiger partial charge in [-0.15, -0.1) is 6.58 Å². The Kier molecular flexibility index (Phi) is 4.00. The van der Waals surface area contributed by atoms with Crippen LogP contribution in [0.1, 0.15) is 11.5 Å². The Morgan fingerprint density at radius 3 is 2.94 bits per heavy atom. The Bertz CT molecular complexity index is 533. The number of aliphatic hydroxyl groups excluding tert-OH is 1. The second-order valence-corrected chi connectivity index (χ2v) is 5.22. The van der Waals surface area contributed by atoms with Gasteiger partial charge < -0.3 is 9.52 Å². The number of thioether (sulfide) groups is 1. The molecule has 1 saturated heterocycles. The van der Waals surface area contributed by atoms with Crippen LogP contribution in [0.15, 0.2) is 34.1 Å². The third kappa shape index (κ3) is 2.55. The second-order valence-electron chi connectivity index (χ2n) is 3.54. The zero-order chi connectivity index (χ0) is 13.1. The highest BCUT2D eigenvalue weighted by molar-refractivity contribution is 8.26. The van der Waals surface area contributed by atoms with Gasteiger partial charge in [0.15, 0.2) is 0 Å². The molecule has 2 heterocycles. The van der Waals surface area contributed by atoms with Crippen LogP contribution < -0.4 is 0 Å². The highest BCUT2D eigenvalue weighted by atomic mass is 32.2. The molecule has 1 aliphatic heterocycles. The molecular weight excluding hydrogens is 270 g/mol. The number of nitrogens with zero attached hydrogens (tertiary/aromatic N) is 1. The SMILES string of the molecule is C=CCN1C(=O)/C(=C/c2ccc(CO)o2)SC1=S. The summed E-state index contributed by atoms with van der Waals surface area (Å²) < 4.78 is 5.81. The van der Waals surface area contributed by atoms with Crippen molar-refractivity contribution in [2.75, 3.05) is 6.54 Å². The van der Waals surface area contributed by atoms with E-state index in [1.807, 2.05) is 0 Å². The molecule has 0 bridgehead atoms. The van der Waals surface area contributed by atoms with Crippen molar-refractivity contribution in [3.05, 3.63) is 41.2 Å². The lowest BCUT2D eigenvalue weighted by molar-refractivity contribution is -0.121. The number of thiocarbonyl (C=S) groups is 1. The maximum atomic E-state index is 12.0. The Morgan fingerprint density at radius 2 is 2.33 bits per heavy atom. The zero-order valence-corrected chi connectivity index (χ0v) is 11.1. The van der Waals surface area contributed by atoms with Crippen LogP contribution in [-0.2, 0) is 11.4 Å². The molecule has 2 rings (SSSR count). The number of hydrogen-bond donors (Lipinski definition) is 1. The first kappa shape index (κ1) is 13.1. The fraction of sp³-hybridized carbons (Fsp3) is 0.167. The van der Waals surface area contributed by atoms with Crippen molar-refractivity contribution in [1.82, 2.24) is 4.90 Å². The predicted octanol–water partition coefficient (Wildman–Crippen LogP) is 2.16. The summed E-state index contributed by atoms with van der Waals surface area (Å²) in [6, 6.07) is 3.36. The molecular formula is C12H11NO3S2. The number of carbonyl (C=O) groups excluding carboxylic acids is 1. The monoisotopic (exact) mass is 281 g/mol. The van der Waals surface area contributed by atoms with Crippen LogP contribution in [0.2, 0.25) is 0 Å². The van der Waals surface area contributed by atoms with E-state index in [0.717, 1.165) is 0 Å². The number of hydrogen-bond acceptors (Lipinski definition) is 5. The summed E-state index contributed by atoms with van der Waals surface area (Å²) in [6.45, 7) is 3.83. The van der Waals surface area contributed by atoms with Crippen LogP contribution in [-0.4, -0.2) is 26.8 Å². The van der Waals surface area contributed by atoms with Crippen molar-refractivity contribution in [2.45, 2.75) is 6.61 Å². The third-order valence-corrected chi connectivity index (χ3v) is 3.67. The topological polar surface area (TPSA) is 53.7 Å². The first-order valence-corrected chi connectivity index (χ1v) is 6.44. The van der Waals surface area contributed by atoms with Crippen molar-refractivity contribution in [2.24, 2.45) is 0 Å². The molecule has 0 saturated carbocycles. The standard InChI is InChI=1S/C12H11NO3S2/c1-2-5-13-11(15)10(18-12(13)17)6-8-3-4-9(7-14)16-8/h2-4,6,14H,1,5,7H2/b10-6-. The molecule has 4 nitrogen and oxygen atoms in total. The van der Waals surface area contributed by atoms with Gasteiger partial charge in [-0.1, -0.05) is 30.1 Å². The molecule has 1 aromatic heterocycles. The van der Waals surface area contributed by atoms with Crippen molar-refractivity contribution in [3.63, 3.8) is 0 Å². The Morgan fingerprint density at radius 1 is 1.56 bits per heavy atom. The number of aliphatic hydroxyl groups is 1. The Balaban J connectivity index is 2.21. The summed E-state index contributed by atoms with van der Waals surface area (Å²) in [6.07, 6.45) is 3.26. The van der Waals surface area contributed by atoms with Gasteiger partial charge in [0.25, 0.3) is 5.91 Å². The fourth-order valence-electron chi connectivity index (χ4n) is 1.47. The minimum Gasteiger partial charge on any atom is -0.459 e. The van der Waals surface area contributed by atoms with E-state index in [1.165, 1.54) is 16.7 Å². The predicted molar refractivity (Wildman–Crippen MR) is 74.7 cm³/mol. The lowest BCUT2D eigenvalue weighted by Crippen LogP contribution is -2.27. The maximum absolute atomic E-state index is 12.0. The molecule has 6 heteroatoms. The zero-order valence-electron chi connectivity index (χ0n) is 9.46. The molecule has 0 aliphatic carbocycles. The first-order valence-electron chi connectivity index (χ1n) is 5.21. The number of amides is 1. The molecule has 1 aliphatic rings. The molecule has 18 heavy (non-hydrogen) atoms. The highest BCUT2D eigenvalue weighted by Gasteiger charge is 2.31. The molecule has 1 amide bonds. The minimum absolute atomic E-state index is 0.146. The molecule has 0 unspecified atom stereocenters. The molecule has 0 atom stereocenters. The van der Waals surface area contributed by atoms with Gasteiger partial charge in [0.05, 0.1) is 4.91 Å². The van der Waals surface area contributed by atoms with Crippen LogP contribution >= 0.6 is 24.0 Å². The molecule has 1 fully saturated rings. The maximum Gasteiger partial charge on any atom is 0.266 e. The third-order valence-electron chi connectivity index (χ3n) is 2.30. The van der Waals surface area contributed by atoms with E-state index >= 15 is 0 Å². The van der Waals surface area contributed by atoms with Gasteiger partial charge in [0, 0.05) is 12.6 Å². The highest BCUT2D eigenvalue weighted by Crippen LogP contribution is 2.32. The first-order chi connectivity index (χ1) is 8.65. The summed E-state index contributed by atoms with van der Waals surface area (Å²) in [5, 5.41) is 8.89. The van der Waals surface area contributed by atoms with Crippen molar-refractivity contribution in [1.29, 1.82) is 0 Å². The van der Waals surface area contributed by atoms with Crippen LogP contribution in [0.5, 0.6) is 0 Å². The van der Waals surface area contributed by atoms with E-state index < -0.39 is 0 Å². The van der Waals surface area contributed by atoms with Gasteiger partial charge in [-0.3, -0.25) is 9.69 Å². The fourth-order valence-corrected chi connectivity index (χ4v) is 2.73. The molecule has 94 valence electrons. The van der Waals surface area contributed by atoms with Gasteiger partial charge in [0.1, 0.15) is 22.4 Å². The van der Waals surface area contributed by atoms with E-state index in [0.29, 0.717) is 27.3 Å². The van der Waals surface area contributed by atoms with E-state index in [9.17, 15) is 4.79 Å². The number of carbonyl (C=O) groups is 1.